The van der Waals surface area contributed by atoms with Gasteiger partial charge in [0.15, 0.2) is 0 Å². The molecule has 1 aliphatic carbocycles. The fourth-order valence-corrected chi connectivity index (χ4v) is 3.73. The van der Waals surface area contributed by atoms with Gasteiger partial charge in [0, 0.05) is 18.1 Å². The Kier molecular flexibility index (Phi) is 3.12. The molecule has 0 saturated carbocycles. The van der Waals surface area contributed by atoms with E-state index in [9.17, 15) is 0 Å². The van der Waals surface area contributed by atoms with E-state index in [1.54, 1.807) is 4.88 Å². The third kappa shape index (κ3) is 2.05. The molecule has 0 aliphatic heterocycles. The lowest BCUT2D eigenvalue weighted by Crippen LogP contribution is -2.16. The number of aromatic nitrogens is 2. The predicted molar refractivity (Wildman–Crippen MR) is 76.2 cm³/mol. The van der Waals surface area contributed by atoms with Crippen LogP contribution in [0.5, 0.6) is 0 Å². The Balaban J connectivity index is 1.86. The molecule has 3 nitrogen and oxygen atoms in total. The van der Waals surface area contributed by atoms with Crippen LogP contribution in [0, 0.1) is 0 Å². The molecule has 1 N–H and O–H groups in total. The number of nitrogens with one attached hydrogen (secondary N) is 1. The zero-order valence-corrected chi connectivity index (χ0v) is 11.8. The van der Waals surface area contributed by atoms with Crippen LogP contribution in [0.1, 0.15) is 41.9 Å². The van der Waals surface area contributed by atoms with Gasteiger partial charge in [-0.2, -0.15) is 5.10 Å². The fraction of sp³-hybridized carbons (Fsp3) is 0.500. The van der Waals surface area contributed by atoms with E-state index in [0.717, 1.165) is 6.42 Å². The maximum absolute atomic E-state index is 4.50. The summed E-state index contributed by atoms with van der Waals surface area (Å²) in [7, 11) is 1.99. The Bertz CT molecular complexity index is 541. The minimum absolute atomic E-state index is 0.467. The summed E-state index contributed by atoms with van der Waals surface area (Å²) in [5.41, 5.74) is 3.86. The van der Waals surface area contributed by atoms with Crippen molar-refractivity contribution in [2.24, 2.45) is 7.05 Å². The highest BCUT2D eigenvalue weighted by Gasteiger charge is 2.22. The van der Waals surface area contributed by atoms with Gasteiger partial charge in [0.05, 0.1) is 17.4 Å². The van der Waals surface area contributed by atoms with Gasteiger partial charge in [-0.3, -0.25) is 4.68 Å². The van der Waals surface area contributed by atoms with Crippen LogP contribution in [-0.2, 0) is 19.9 Å². The molecular formula is C14H19N3S. The maximum atomic E-state index is 4.50. The van der Waals surface area contributed by atoms with Crippen molar-refractivity contribution in [3.63, 3.8) is 0 Å². The van der Waals surface area contributed by atoms with Crippen LogP contribution >= 0.6 is 11.3 Å². The molecule has 18 heavy (non-hydrogen) atoms. The summed E-state index contributed by atoms with van der Waals surface area (Å²) in [6.07, 6.45) is 6.83. The smallest absolute Gasteiger partial charge is 0.0853 e. The second-order valence-electron chi connectivity index (χ2n) is 4.90. The van der Waals surface area contributed by atoms with Crippen LogP contribution in [-0.4, -0.2) is 9.78 Å². The number of aryl methyl sites for hydroxylation is 3. The molecule has 2 heterocycles. The lowest BCUT2D eigenvalue weighted by atomic mass is 9.94. The zero-order chi connectivity index (χ0) is 12.5. The molecule has 2 aromatic heterocycles. The first-order valence-electron chi connectivity index (χ1n) is 6.63. The van der Waals surface area contributed by atoms with Crippen LogP contribution in [0.3, 0.4) is 0 Å². The first-order chi connectivity index (χ1) is 8.78. The van der Waals surface area contributed by atoms with E-state index in [4.69, 9.17) is 0 Å². The monoisotopic (exact) mass is 261 g/mol. The van der Waals surface area contributed by atoms with Crippen molar-refractivity contribution < 1.29 is 0 Å². The molecule has 1 aliphatic rings. The minimum atomic E-state index is 0.467. The van der Waals surface area contributed by atoms with E-state index in [1.807, 2.05) is 23.1 Å². The van der Waals surface area contributed by atoms with Crippen molar-refractivity contribution in [3.05, 3.63) is 33.8 Å². The van der Waals surface area contributed by atoms with Crippen molar-refractivity contribution in [2.45, 2.75) is 38.6 Å². The average Bonchev–Trinajstić information content (AvgIpc) is 2.96. The molecule has 1 unspecified atom stereocenters. The predicted octanol–water partition coefficient (Wildman–Crippen LogP) is 3.53. The van der Waals surface area contributed by atoms with E-state index >= 15 is 0 Å². The first kappa shape index (κ1) is 11.8. The SMILES string of the molecule is CCc1nn(C)cc1NC1CCCc2sccc21. The third-order valence-corrected chi connectivity index (χ3v) is 4.62. The third-order valence-electron chi connectivity index (χ3n) is 3.62. The van der Waals surface area contributed by atoms with E-state index in [1.165, 1.54) is 36.2 Å². The summed E-state index contributed by atoms with van der Waals surface area (Å²) >= 11 is 1.89. The average molecular weight is 261 g/mol. The number of thiophene rings is 1. The van der Waals surface area contributed by atoms with E-state index < -0.39 is 0 Å². The van der Waals surface area contributed by atoms with Gasteiger partial charge < -0.3 is 5.32 Å². The Morgan fingerprint density at radius 2 is 2.44 bits per heavy atom. The molecule has 0 amide bonds. The summed E-state index contributed by atoms with van der Waals surface area (Å²) in [6.45, 7) is 2.16. The van der Waals surface area contributed by atoms with Crippen LogP contribution in [0.15, 0.2) is 17.6 Å². The molecule has 0 spiro atoms. The largest absolute Gasteiger partial charge is 0.375 e. The highest BCUT2D eigenvalue weighted by atomic mass is 32.1. The lowest BCUT2D eigenvalue weighted by Gasteiger charge is -2.24. The fourth-order valence-electron chi connectivity index (χ4n) is 2.74. The standard InChI is InChI=1S/C14H19N3S/c1-3-11-13(9-17(2)16-11)15-12-5-4-6-14-10(12)7-8-18-14/h7-9,12,15H,3-6H2,1-2H3. The molecule has 0 saturated heterocycles. The first-order valence-corrected chi connectivity index (χ1v) is 7.51. The number of hydrogen-bond acceptors (Lipinski definition) is 3. The Hall–Kier alpha value is -1.29. The molecule has 0 radical (unpaired) electrons. The number of rotatable bonds is 3. The molecule has 0 aromatic carbocycles. The molecule has 96 valence electrons. The Morgan fingerprint density at radius 3 is 3.28 bits per heavy atom. The Morgan fingerprint density at radius 1 is 1.56 bits per heavy atom. The van der Waals surface area contributed by atoms with Gasteiger partial charge in [0.1, 0.15) is 0 Å². The number of nitrogens with zero attached hydrogens (tertiary/aromatic N) is 2. The molecule has 0 fully saturated rings. The van der Waals surface area contributed by atoms with Gasteiger partial charge in [0.25, 0.3) is 0 Å². The van der Waals surface area contributed by atoms with Crippen LogP contribution < -0.4 is 5.32 Å². The van der Waals surface area contributed by atoms with Crippen molar-refractivity contribution >= 4 is 17.0 Å². The van der Waals surface area contributed by atoms with Crippen molar-refractivity contribution in [2.75, 3.05) is 5.32 Å². The van der Waals surface area contributed by atoms with Crippen LogP contribution in [0.2, 0.25) is 0 Å². The highest BCUT2D eigenvalue weighted by molar-refractivity contribution is 7.10. The normalized spacial score (nSPS) is 18.7. The molecule has 3 rings (SSSR count). The van der Waals surface area contributed by atoms with Gasteiger partial charge in [-0.1, -0.05) is 6.92 Å². The molecule has 0 bridgehead atoms. The minimum Gasteiger partial charge on any atom is -0.375 e. The lowest BCUT2D eigenvalue weighted by molar-refractivity contribution is 0.608. The van der Waals surface area contributed by atoms with Crippen molar-refractivity contribution in [1.29, 1.82) is 0 Å². The number of hydrogen-bond donors (Lipinski definition) is 1. The Labute approximate surface area is 112 Å². The molecular weight excluding hydrogens is 242 g/mol. The zero-order valence-electron chi connectivity index (χ0n) is 10.9. The van der Waals surface area contributed by atoms with Crippen molar-refractivity contribution in [1.82, 2.24) is 9.78 Å². The quantitative estimate of drug-likeness (QED) is 0.916. The number of anilines is 1. The second kappa shape index (κ2) is 4.76. The maximum Gasteiger partial charge on any atom is 0.0853 e. The topological polar surface area (TPSA) is 29.9 Å². The summed E-state index contributed by atoms with van der Waals surface area (Å²) in [5.74, 6) is 0. The van der Waals surface area contributed by atoms with Crippen LogP contribution in [0.25, 0.3) is 0 Å². The van der Waals surface area contributed by atoms with Gasteiger partial charge in [-0.05, 0) is 42.7 Å². The van der Waals surface area contributed by atoms with Crippen LogP contribution in [0.4, 0.5) is 5.69 Å². The van der Waals surface area contributed by atoms with E-state index in [0.29, 0.717) is 6.04 Å². The van der Waals surface area contributed by atoms with Crippen molar-refractivity contribution in [3.8, 4) is 0 Å². The summed E-state index contributed by atoms with van der Waals surface area (Å²) in [6, 6.07) is 2.74. The van der Waals surface area contributed by atoms with E-state index in [2.05, 4.69) is 35.0 Å². The van der Waals surface area contributed by atoms with Gasteiger partial charge in [0.2, 0.25) is 0 Å². The van der Waals surface area contributed by atoms with E-state index in [-0.39, 0.29) is 0 Å². The molecule has 4 heteroatoms. The summed E-state index contributed by atoms with van der Waals surface area (Å²) < 4.78 is 1.90. The molecule has 2 aromatic rings. The van der Waals surface area contributed by atoms with Gasteiger partial charge in [-0.15, -0.1) is 11.3 Å². The number of fused-ring (bicyclic) bond motifs is 1. The second-order valence-corrected chi connectivity index (χ2v) is 5.91. The highest BCUT2D eigenvalue weighted by Crippen LogP contribution is 2.35. The van der Waals surface area contributed by atoms with Gasteiger partial charge >= 0.3 is 0 Å². The molecule has 1 atom stereocenters. The summed E-state index contributed by atoms with van der Waals surface area (Å²) in [4.78, 5) is 1.56. The summed E-state index contributed by atoms with van der Waals surface area (Å²) in [5, 5.41) is 10.4. The van der Waals surface area contributed by atoms with Gasteiger partial charge in [-0.25, -0.2) is 0 Å².